The molecule has 0 unspecified atom stereocenters. The van der Waals surface area contributed by atoms with Crippen molar-refractivity contribution in [3.8, 4) is 11.1 Å². The van der Waals surface area contributed by atoms with Crippen LogP contribution in [-0.4, -0.2) is 53.2 Å². The SMILES string of the molecule is O=C(NC/C=C/C(=O)N1[C@H]2CC[C@@H]1[C@H](C(=O)O)C2)OCC1c2ccccc2-c2ccccc21. The molecule has 2 fully saturated rings. The number of carbonyl (C=O) groups excluding carboxylic acids is 2. The van der Waals surface area contributed by atoms with Crippen molar-refractivity contribution in [1.82, 2.24) is 10.2 Å². The second-order valence-corrected chi connectivity index (χ2v) is 8.83. The van der Waals surface area contributed by atoms with Gasteiger partial charge in [0.05, 0.1) is 5.92 Å². The molecule has 0 spiro atoms. The zero-order valence-corrected chi connectivity index (χ0v) is 18.1. The molecule has 0 radical (unpaired) electrons. The summed E-state index contributed by atoms with van der Waals surface area (Å²) in [5.41, 5.74) is 4.64. The topological polar surface area (TPSA) is 95.9 Å². The molecule has 2 saturated heterocycles. The van der Waals surface area contributed by atoms with Crippen LogP contribution in [0.5, 0.6) is 0 Å². The lowest BCUT2D eigenvalue weighted by atomic mass is 9.89. The van der Waals surface area contributed by atoms with E-state index < -0.39 is 18.0 Å². The largest absolute Gasteiger partial charge is 0.481 e. The summed E-state index contributed by atoms with van der Waals surface area (Å²) in [6, 6.07) is 16.1. The van der Waals surface area contributed by atoms with Crippen LogP contribution in [0.1, 0.15) is 36.3 Å². The molecular formula is C26H26N2O5. The van der Waals surface area contributed by atoms with Gasteiger partial charge in [-0.3, -0.25) is 9.59 Å². The molecule has 2 heterocycles. The lowest BCUT2D eigenvalue weighted by Crippen LogP contribution is -2.37. The minimum atomic E-state index is -0.832. The summed E-state index contributed by atoms with van der Waals surface area (Å²) < 4.78 is 5.49. The van der Waals surface area contributed by atoms with Gasteiger partial charge in [0.15, 0.2) is 0 Å². The summed E-state index contributed by atoms with van der Waals surface area (Å²) in [6.07, 6.45) is 4.57. The first kappa shape index (κ1) is 21.2. The Hall–Kier alpha value is -3.61. The Morgan fingerprint density at radius 3 is 2.33 bits per heavy atom. The zero-order chi connectivity index (χ0) is 22.9. The maximum atomic E-state index is 12.6. The molecule has 2 aliphatic heterocycles. The van der Waals surface area contributed by atoms with Gasteiger partial charge in [-0.1, -0.05) is 54.6 Å². The van der Waals surface area contributed by atoms with E-state index in [2.05, 4.69) is 29.6 Å². The van der Waals surface area contributed by atoms with Gasteiger partial charge in [-0.15, -0.1) is 0 Å². The highest BCUT2D eigenvalue weighted by Gasteiger charge is 2.50. The van der Waals surface area contributed by atoms with Gasteiger partial charge in [0.25, 0.3) is 0 Å². The van der Waals surface area contributed by atoms with Gasteiger partial charge in [0.1, 0.15) is 6.61 Å². The molecule has 2 amide bonds. The predicted molar refractivity (Wildman–Crippen MR) is 122 cm³/mol. The van der Waals surface area contributed by atoms with E-state index in [9.17, 15) is 19.5 Å². The van der Waals surface area contributed by atoms with E-state index >= 15 is 0 Å². The summed E-state index contributed by atoms with van der Waals surface area (Å²) in [5.74, 6) is -1.50. The normalized spacial score (nSPS) is 22.9. The van der Waals surface area contributed by atoms with Crippen molar-refractivity contribution in [2.75, 3.05) is 13.2 Å². The van der Waals surface area contributed by atoms with Crippen LogP contribution < -0.4 is 5.32 Å². The van der Waals surface area contributed by atoms with Crippen LogP contribution in [0.4, 0.5) is 4.79 Å². The third-order valence-electron chi connectivity index (χ3n) is 7.08. The number of nitrogens with zero attached hydrogens (tertiary/aromatic N) is 1. The molecule has 3 aliphatic rings. The number of ether oxygens (including phenoxy) is 1. The fourth-order valence-corrected chi connectivity index (χ4v) is 5.64. The predicted octanol–water partition coefficient (Wildman–Crippen LogP) is 3.55. The molecule has 2 bridgehead atoms. The Morgan fingerprint density at radius 2 is 1.70 bits per heavy atom. The van der Waals surface area contributed by atoms with Gasteiger partial charge >= 0.3 is 12.1 Å². The summed E-state index contributed by atoms with van der Waals surface area (Å²) >= 11 is 0. The number of hydrogen-bond acceptors (Lipinski definition) is 4. The van der Waals surface area contributed by atoms with E-state index in [1.807, 2.05) is 24.3 Å². The third-order valence-corrected chi connectivity index (χ3v) is 7.08. The standard InChI is InChI=1S/C26H26N2O5/c29-24(28-16-11-12-23(28)21(14-16)25(30)31)10-5-13-27-26(32)33-15-22-19-8-3-1-6-17(19)18-7-2-4-9-20(18)22/h1-10,16,21-23H,11-15H2,(H,27,32)(H,30,31)/b10-5+/t16-,21+,23+/m0/s1. The molecule has 0 saturated carbocycles. The van der Waals surface area contributed by atoms with Crippen molar-refractivity contribution in [3.63, 3.8) is 0 Å². The van der Waals surface area contributed by atoms with Crippen LogP contribution >= 0.6 is 0 Å². The Bertz CT molecular complexity index is 1080. The summed E-state index contributed by atoms with van der Waals surface area (Å²) in [7, 11) is 0. The molecule has 2 aromatic rings. The van der Waals surface area contributed by atoms with Gasteiger partial charge in [-0.05, 0) is 41.5 Å². The van der Waals surface area contributed by atoms with Crippen molar-refractivity contribution < 1.29 is 24.2 Å². The molecule has 5 rings (SSSR count). The number of alkyl carbamates (subject to hydrolysis) is 1. The molecule has 2 aromatic carbocycles. The number of rotatable bonds is 6. The van der Waals surface area contributed by atoms with E-state index in [4.69, 9.17) is 4.74 Å². The van der Waals surface area contributed by atoms with Crippen molar-refractivity contribution in [3.05, 3.63) is 71.8 Å². The van der Waals surface area contributed by atoms with Gasteiger partial charge in [-0.25, -0.2) is 4.79 Å². The number of aliphatic carboxylic acids is 1. The van der Waals surface area contributed by atoms with Gasteiger partial charge < -0.3 is 20.1 Å². The average molecular weight is 447 g/mol. The number of benzene rings is 2. The smallest absolute Gasteiger partial charge is 0.407 e. The first-order valence-electron chi connectivity index (χ1n) is 11.3. The summed E-state index contributed by atoms with van der Waals surface area (Å²) in [5, 5.41) is 12.0. The molecule has 7 heteroatoms. The highest BCUT2D eigenvalue weighted by atomic mass is 16.5. The van der Waals surface area contributed by atoms with E-state index in [1.54, 1.807) is 11.0 Å². The third kappa shape index (κ3) is 3.88. The van der Waals surface area contributed by atoms with Crippen LogP contribution in [0.15, 0.2) is 60.7 Å². The highest BCUT2D eigenvalue weighted by molar-refractivity contribution is 5.89. The molecule has 170 valence electrons. The Kier molecular flexibility index (Phi) is 5.62. The highest BCUT2D eigenvalue weighted by Crippen LogP contribution is 2.44. The van der Waals surface area contributed by atoms with Crippen LogP contribution in [0.2, 0.25) is 0 Å². The fourth-order valence-electron chi connectivity index (χ4n) is 5.64. The Balaban J connectivity index is 1.12. The molecular weight excluding hydrogens is 420 g/mol. The number of amides is 2. The van der Waals surface area contributed by atoms with Crippen LogP contribution in [0.25, 0.3) is 11.1 Å². The maximum Gasteiger partial charge on any atom is 0.407 e. The lowest BCUT2D eigenvalue weighted by Gasteiger charge is -2.21. The second kappa shape index (κ2) is 8.73. The monoisotopic (exact) mass is 446 g/mol. The first-order chi connectivity index (χ1) is 16.0. The van der Waals surface area contributed by atoms with Crippen molar-refractivity contribution in [1.29, 1.82) is 0 Å². The van der Waals surface area contributed by atoms with Gasteiger partial charge in [0.2, 0.25) is 5.91 Å². The van der Waals surface area contributed by atoms with E-state index in [0.717, 1.165) is 24.0 Å². The fraction of sp³-hybridized carbons (Fsp3) is 0.346. The molecule has 2 N–H and O–H groups in total. The molecule has 3 atom stereocenters. The number of carboxylic acids is 1. The number of hydrogen-bond donors (Lipinski definition) is 2. The van der Waals surface area contributed by atoms with E-state index in [0.29, 0.717) is 6.42 Å². The molecule has 7 nitrogen and oxygen atoms in total. The van der Waals surface area contributed by atoms with Crippen molar-refractivity contribution in [2.45, 2.75) is 37.3 Å². The van der Waals surface area contributed by atoms with E-state index in [-0.39, 0.29) is 37.1 Å². The number of fused-ring (bicyclic) bond motifs is 5. The summed E-state index contributed by atoms with van der Waals surface area (Å²) in [4.78, 5) is 37.9. The summed E-state index contributed by atoms with van der Waals surface area (Å²) in [6.45, 7) is 0.393. The minimum Gasteiger partial charge on any atom is -0.481 e. The van der Waals surface area contributed by atoms with Gasteiger partial charge in [0, 0.05) is 30.6 Å². The lowest BCUT2D eigenvalue weighted by molar-refractivity contribution is -0.143. The zero-order valence-electron chi connectivity index (χ0n) is 18.1. The quantitative estimate of drug-likeness (QED) is 0.662. The molecule has 33 heavy (non-hydrogen) atoms. The van der Waals surface area contributed by atoms with Crippen LogP contribution in [0, 0.1) is 5.92 Å². The number of carboxylic acid groups (broad SMARTS) is 1. The molecule has 1 aliphatic carbocycles. The molecule has 0 aromatic heterocycles. The van der Waals surface area contributed by atoms with Crippen molar-refractivity contribution >= 4 is 18.0 Å². The minimum absolute atomic E-state index is 0.00309. The van der Waals surface area contributed by atoms with Crippen LogP contribution in [-0.2, 0) is 14.3 Å². The average Bonchev–Trinajstić information content (AvgIpc) is 3.50. The van der Waals surface area contributed by atoms with Crippen LogP contribution in [0.3, 0.4) is 0 Å². The second-order valence-electron chi connectivity index (χ2n) is 8.83. The number of carbonyl (C=O) groups is 3. The van der Waals surface area contributed by atoms with E-state index in [1.165, 1.54) is 17.2 Å². The van der Waals surface area contributed by atoms with Gasteiger partial charge in [-0.2, -0.15) is 0 Å². The number of nitrogens with one attached hydrogen (secondary N) is 1. The maximum absolute atomic E-state index is 12.6. The first-order valence-corrected chi connectivity index (χ1v) is 11.3. The van der Waals surface area contributed by atoms with Crippen molar-refractivity contribution in [2.24, 2.45) is 5.92 Å². The Morgan fingerprint density at radius 1 is 1.03 bits per heavy atom. The Labute approximate surface area is 192 Å².